The van der Waals surface area contributed by atoms with Gasteiger partial charge in [-0.05, 0) is 44.4 Å². The van der Waals surface area contributed by atoms with Crippen molar-refractivity contribution in [2.45, 2.75) is 294 Å². The van der Waals surface area contributed by atoms with Crippen LogP contribution in [0.1, 0.15) is 239 Å². The molecule has 0 aliphatic carbocycles. The second-order valence-corrected chi connectivity index (χ2v) is 19.4. The van der Waals surface area contributed by atoms with Crippen LogP contribution < -0.4 is 5.32 Å². The quantitative estimate of drug-likeness (QED) is 0.0216. The number of aliphatic hydroxyl groups is 7. The van der Waals surface area contributed by atoms with Crippen molar-refractivity contribution in [2.24, 2.45) is 5.92 Å². The minimum Gasteiger partial charge on any atom is -0.394 e. The fourth-order valence-corrected chi connectivity index (χ4v) is 8.62. The number of hydrogen-bond acceptors (Lipinski definition) is 10. The number of ether oxygens (including phenoxy) is 2. The number of amides is 1. The largest absolute Gasteiger partial charge is 0.394 e. The molecule has 1 amide bonds. The van der Waals surface area contributed by atoms with E-state index in [1.165, 1.54) is 154 Å². The molecule has 9 atom stereocenters. The van der Waals surface area contributed by atoms with Crippen LogP contribution in [0.25, 0.3) is 0 Å². The van der Waals surface area contributed by atoms with E-state index in [2.05, 4.69) is 38.2 Å². The molecule has 1 heterocycles. The molecule has 11 nitrogen and oxygen atoms in total. The van der Waals surface area contributed by atoms with Crippen molar-refractivity contribution in [3.8, 4) is 0 Å². The molecule has 0 radical (unpaired) electrons. The van der Waals surface area contributed by atoms with Gasteiger partial charge in [-0.25, -0.2) is 0 Å². The number of aliphatic hydroxyl groups excluding tert-OH is 7. The van der Waals surface area contributed by atoms with E-state index in [1.54, 1.807) is 0 Å². The Morgan fingerprint density at radius 3 is 1.43 bits per heavy atom. The summed E-state index contributed by atoms with van der Waals surface area (Å²) in [5.41, 5.74) is 0. The third kappa shape index (κ3) is 31.5. The number of unbranched alkanes of at least 4 members (excludes halogenated alkanes) is 28. The van der Waals surface area contributed by atoms with Gasteiger partial charge in [0.15, 0.2) is 6.29 Å². The first kappa shape index (κ1) is 59.9. The average molecular weight is 900 g/mol. The lowest BCUT2D eigenvalue weighted by Gasteiger charge is -2.40. The summed E-state index contributed by atoms with van der Waals surface area (Å²) in [5.74, 6) is 0.0681. The molecule has 0 spiro atoms. The maximum Gasteiger partial charge on any atom is 0.249 e. The van der Waals surface area contributed by atoms with Gasteiger partial charge in [-0.1, -0.05) is 213 Å². The lowest BCUT2D eigenvalue weighted by molar-refractivity contribution is -0.303. The summed E-state index contributed by atoms with van der Waals surface area (Å²) in [7, 11) is 0. The number of allylic oxidation sites excluding steroid dienone is 2. The normalized spacial score (nSPS) is 21.3. The Morgan fingerprint density at radius 2 is 0.984 bits per heavy atom. The van der Waals surface area contributed by atoms with Crippen LogP contribution in [0, 0.1) is 5.92 Å². The summed E-state index contributed by atoms with van der Waals surface area (Å²) in [5, 5.41) is 75.8. The van der Waals surface area contributed by atoms with Gasteiger partial charge in [0.05, 0.1) is 25.4 Å². The van der Waals surface area contributed by atoms with Crippen LogP contribution in [0.15, 0.2) is 12.2 Å². The Labute approximate surface area is 385 Å². The smallest absolute Gasteiger partial charge is 0.249 e. The summed E-state index contributed by atoms with van der Waals surface area (Å²) in [6.45, 7) is 5.74. The van der Waals surface area contributed by atoms with E-state index in [1.807, 2.05) is 0 Å². The van der Waals surface area contributed by atoms with Crippen molar-refractivity contribution in [3.05, 3.63) is 12.2 Å². The fraction of sp³-hybridized carbons (Fsp3) is 0.942. The maximum absolute atomic E-state index is 13.1. The van der Waals surface area contributed by atoms with E-state index < -0.39 is 74.2 Å². The van der Waals surface area contributed by atoms with Gasteiger partial charge in [-0.15, -0.1) is 0 Å². The predicted molar refractivity (Wildman–Crippen MR) is 256 cm³/mol. The zero-order valence-electron chi connectivity index (χ0n) is 40.7. The second-order valence-electron chi connectivity index (χ2n) is 19.4. The first-order valence-electron chi connectivity index (χ1n) is 26.4. The van der Waals surface area contributed by atoms with E-state index in [9.17, 15) is 40.5 Å². The lowest BCUT2D eigenvalue weighted by atomic mass is 9.98. The molecule has 0 bridgehead atoms. The Morgan fingerprint density at radius 1 is 0.571 bits per heavy atom. The summed E-state index contributed by atoms with van der Waals surface area (Å²) in [6.07, 6.45) is 32.8. The molecule has 1 saturated heterocycles. The summed E-state index contributed by atoms with van der Waals surface area (Å²) in [6, 6.07) is -1.16. The Kier molecular flexibility index (Phi) is 39.0. The van der Waals surface area contributed by atoms with Crippen LogP contribution >= 0.6 is 0 Å². The van der Waals surface area contributed by atoms with Crippen molar-refractivity contribution in [2.75, 3.05) is 13.2 Å². The highest BCUT2D eigenvalue weighted by molar-refractivity contribution is 5.80. The summed E-state index contributed by atoms with van der Waals surface area (Å²) < 4.78 is 11.1. The molecule has 0 aromatic carbocycles. The topological polar surface area (TPSA) is 189 Å². The van der Waals surface area contributed by atoms with Crippen molar-refractivity contribution >= 4 is 5.91 Å². The van der Waals surface area contributed by atoms with Crippen molar-refractivity contribution in [1.82, 2.24) is 5.32 Å². The van der Waals surface area contributed by atoms with Crippen LogP contribution in [0.2, 0.25) is 0 Å². The van der Waals surface area contributed by atoms with Gasteiger partial charge in [0.2, 0.25) is 5.91 Å². The van der Waals surface area contributed by atoms with Gasteiger partial charge in [0.1, 0.15) is 36.6 Å². The molecule has 0 aromatic rings. The first-order chi connectivity index (χ1) is 30.5. The number of rotatable bonds is 44. The molecule has 0 aromatic heterocycles. The molecule has 1 aliphatic rings. The third-order valence-electron chi connectivity index (χ3n) is 13.0. The van der Waals surface area contributed by atoms with E-state index >= 15 is 0 Å². The van der Waals surface area contributed by atoms with Crippen LogP contribution in [0.3, 0.4) is 0 Å². The fourth-order valence-electron chi connectivity index (χ4n) is 8.62. The highest BCUT2D eigenvalue weighted by Crippen LogP contribution is 2.23. The minimum atomic E-state index is -1.66. The molecule has 1 fully saturated rings. The molecule has 1 rings (SSSR count). The molecular formula is C52H101NO10. The molecular weight excluding hydrogens is 799 g/mol. The number of carbonyl (C=O) groups is 1. The van der Waals surface area contributed by atoms with Crippen LogP contribution in [0.5, 0.6) is 0 Å². The second kappa shape index (κ2) is 41.1. The van der Waals surface area contributed by atoms with E-state index in [0.717, 1.165) is 44.4 Å². The van der Waals surface area contributed by atoms with Crippen molar-refractivity contribution < 1.29 is 50.0 Å². The van der Waals surface area contributed by atoms with Crippen molar-refractivity contribution in [1.29, 1.82) is 0 Å². The molecule has 0 saturated carbocycles. The molecule has 11 heteroatoms. The standard InChI is InChI=1S/C52H101NO10/c1-4-5-6-7-8-9-10-11-12-13-14-15-16-17-18-19-20-21-22-23-26-30-33-36-39-45(56)51(61)53-43(41-62-52-50(60)49(59)48(58)46(40-54)63-52)47(57)44(55)38-35-32-29-27-24-25-28-31-34-37-42(2)3/h9-10,42-50,52,54-60H,4-8,11-41H2,1-3H3,(H,53,61)/b10-9-/t43-,44+,45+,46+,47-,48+,49-,50+,52+/m0/s1. The Balaban J connectivity index is 2.30. The third-order valence-corrected chi connectivity index (χ3v) is 13.0. The molecule has 8 N–H and O–H groups in total. The molecule has 1 aliphatic heterocycles. The molecule has 0 unspecified atom stereocenters. The SMILES string of the molecule is CCCCCC/C=C\CCCCCCCCCCCCCCCCCC[C@@H](O)C(=O)N[C@@H](CO[C@@H]1O[C@H](CO)[C@@H](O)[C@H](O)[C@H]1O)[C@H](O)[C@H](O)CCCCCCCCCCCC(C)C. The number of nitrogens with one attached hydrogen (secondary N) is 1. The highest BCUT2D eigenvalue weighted by Gasteiger charge is 2.44. The minimum absolute atomic E-state index is 0.263. The lowest BCUT2D eigenvalue weighted by Crippen LogP contribution is -2.60. The van der Waals surface area contributed by atoms with Crippen LogP contribution in [-0.4, -0.2) is 110 Å². The van der Waals surface area contributed by atoms with Gasteiger partial charge in [-0.3, -0.25) is 4.79 Å². The van der Waals surface area contributed by atoms with Crippen molar-refractivity contribution in [3.63, 3.8) is 0 Å². The summed E-state index contributed by atoms with van der Waals surface area (Å²) >= 11 is 0. The van der Waals surface area contributed by atoms with Gasteiger partial charge in [0, 0.05) is 0 Å². The predicted octanol–water partition coefficient (Wildman–Crippen LogP) is 9.87. The maximum atomic E-state index is 13.1. The van der Waals surface area contributed by atoms with E-state index in [4.69, 9.17) is 9.47 Å². The average Bonchev–Trinajstić information content (AvgIpc) is 3.27. The number of carbonyl (C=O) groups excluding carboxylic acids is 1. The van der Waals surface area contributed by atoms with Crippen LogP contribution in [-0.2, 0) is 14.3 Å². The van der Waals surface area contributed by atoms with E-state index in [-0.39, 0.29) is 6.42 Å². The molecule has 63 heavy (non-hydrogen) atoms. The Bertz CT molecular complexity index is 1050. The van der Waals surface area contributed by atoms with Gasteiger partial charge in [-0.2, -0.15) is 0 Å². The van der Waals surface area contributed by atoms with Gasteiger partial charge < -0.3 is 50.5 Å². The van der Waals surface area contributed by atoms with E-state index in [0.29, 0.717) is 19.3 Å². The molecule has 374 valence electrons. The zero-order chi connectivity index (χ0) is 46.3. The Hall–Kier alpha value is -1.15. The number of hydrogen-bond donors (Lipinski definition) is 8. The summed E-state index contributed by atoms with van der Waals surface area (Å²) in [4.78, 5) is 13.1. The van der Waals surface area contributed by atoms with Gasteiger partial charge >= 0.3 is 0 Å². The monoisotopic (exact) mass is 900 g/mol. The highest BCUT2D eigenvalue weighted by atomic mass is 16.7. The zero-order valence-corrected chi connectivity index (χ0v) is 40.7. The van der Waals surface area contributed by atoms with Gasteiger partial charge in [0.25, 0.3) is 0 Å². The van der Waals surface area contributed by atoms with Crippen LogP contribution in [0.4, 0.5) is 0 Å². The first-order valence-corrected chi connectivity index (χ1v) is 26.4.